The summed E-state index contributed by atoms with van der Waals surface area (Å²) in [7, 11) is 3.39. The average molecular weight is 377 g/mol. The molecule has 0 aliphatic rings. The molecular formula is C17H17BrN2O3. The van der Waals surface area contributed by atoms with Crippen LogP contribution in [0.15, 0.2) is 46.9 Å². The normalized spacial score (nSPS) is 10.2. The number of hydrogen-bond acceptors (Lipinski definition) is 3. The van der Waals surface area contributed by atoms with Crippen molar-refractivity contribution in [1.29, 1.82) is 0 Å². The van der Waals surface area contributed by atoms with Crippen LogP contribution >= 0.6 is 15.9 Å². The molecule has 0 atom stereocenters. The van der Waals surface area contributed by atoms with Gasteiger partial charge in [-0.1, -0.05) is 28.1 Å². The number of amides is 2. The first-order valence-electron chi connectivity index (χ1n) is 6.96. The summed E-state index contributed by atoms with van der Waals surface area (Å²) in [5, 5.41) is 12.5. The fraction of sp³-hybridized carbons (Fsp3) is 0.176. The van der Waals surface area contributed by atoms with Gasteiger partial charge in [0.2, 0.25) is 0 Å². The second-order valence-corrected chi connectivity index (χ2v) is 6.16. The van der Waals surface area contributed by atoms with Gasteiger partial charge in [0.25, 0.3) is 11.8 Å². The lowest BCUT2D eigenvalue weighted by Gasteiger charge is -2.11. The summed E-state index contributed by atoms with van der Waals surface area (Å²) >= 11 is 3.27. The van der Waals surface area contributed by atoms with E-state index in [1.807, 2.05) is 0 Å². The number of hydrogen-bond donors (Lipinski definition) is 2. The third-order valence-corrected chi connectivity index (χ3v) is 3.76. The van der Waals surface area contributed by atoms with Crippen molar-refractivity contribution >= 4 is 27.7 Å². The highest BCUT2D eigenvalue weighted by Crippen LogP contribution is 2.21. The van der Waals surface area contributed by atoms with Crippen molar-refractivity contribution in [3.05, 3.63) is 63.6 Å². The Morgan fingerprint density at radius 2 is 1.78 bits per heavy atom. The molecule has 23 heavy (non-hydrogen) atoms. The van der Waals surface area contributed by atoms with E-state index in [0.29, 0.717) is 16.6 Å². The number of halogens is 1. The minimum absolute atomic E-state index is 0.0698. The Bertz CT molecular complexity index is 727. The minimum atomic E-state index is -0.364. The number of aromatic hydroxyl groups is 1. The van der Waals surface area contributed by atoms with E-state index in [2.05, 4.69) is 21.2 Å². The first-order chi connectivity index (χ1) is 10.9. The van der Waals surface area contributed by atoms with E-state index in [4.69, 9.17) is 0 Å². The number of nitrogens with zero attached hydrogens (tertiary/aromatic N) is 1. The zero-order valence-electron chi connectivity index (χ0n) is 12.8. The van der Waals surface area contributed by atoms with Gasteiger partial charge in [0.15, 0.2) is 0 Å². The predicted molar refractivity (Wildman–Crippen MR) is 91.4 cm³/mol. The lowest BCUT2D eigenvalue weighted by atomic mass is 10.1. The molecule has 2 N–H and O–H groups in total. The predicted octanol–water partition coefficient (Wildman–Crippen LogP) is 2.79. The van der Waals surface area contributed by atoms with Gasteiger partial charge in [-0.3, -0.25) is 9.59 Å². The Hall–Kier alpha value is -2.34. The Morgan fingerprint density at radius 3 is 2.39 bits per heavy atom. The van der Waals surface area contributed by atoms with Crippen molar-refractivity contribution in [1.82, 2.24) is 10.2 Å². The van der Waals surface area contributed by atoms with Crippen molar-refractivity contribution < 1.29 is 14.7 Å². The maximum Gasteiger partial charge on any atom is 0.255 e. The van der Waals surface area contributed by atoms with E-state index >= 15 is 0 Å². The topological polar surface area (TPSA) is 69.6 Å². The first-order valence-corrected chi connectivity index (χ1v) is 7.75. The maximum absolute atomic E-state index is 12.1. The molecule has 0 radical (unpaired) electrons. The van der Waals surface area contributed by atoms with Gasteiger partial charge in [-0.05, 0) is 35.9 Å². The molecule has 0 saturated heterocycles. The van der Waals surface area contributed by atoms with Gasteiger partial charge in [0.05, 0.1) is 5.56 Å². The third kappa shape index (κ3) is 4.32. The summed E-state index contributed by atoms with van der Waals surface area (Å²) in [5.74, 6) is -0.505. The van der Waals surface area contributed by atoms with Gasteiger partial charge in [-0.2, -0.15) is 0 Å². The first kappa shape index (κ1) is 17.0. The van der Waals surface area contributed by atoms with Gasteiger partial charge in [0, 0.05) is 30.7 Å². The number of carbonyl (C=O) groups excluding carboxylic acids is 2. The Balaban J connectivity index is 2.02. The largest absolute Gasteiger partial charge is 0.507 e. The number of benzene rings is 2. The van der Waals surface area contributed by atoms with E-state index < -0.39 is 0 Å². The lowest BCUT2D eigenvalue weighted by Crippen LogP contribution is -2.23. The Morgan fingerprint density at radius 1 is 1.13 bits per heavy atom. The maximum atomic E-state index is 12.1. The smallest absolute Gasteiger partial charge is 0.255 e. The standard InChI is InChI=1S/C17H17BrN2O3/c1-20(2)17(23)12-5-3-11(4-6-12)10-19-16(22)14-9-13(18)7-8-15(14)21/h3-9,21H,10H2,1-2H3,(H,19,22). The number of phenols is 1. The lowest BCUT2D eigenvalue weighted by molar-refractivity contribution is 0.0827. The molecule has 0 aliphatic heterocycles. The van der Waals surface area contributed by atoms with Crippen molar-refractivity contribution in [2.24, 2.45) is 0 Å². The van der Waals surface area contributed by atoms with Crippen molar-refractivity contribution in [2.75, 3.05) is 14.1 Å². The highest BCUT2D eigenvalue weighted by atomic mass is 79.9. The van der Waals surface area contributed by atoms with E-state index in [1.54, 1.807) is 50.5 Å². The van der Waals surface area contributed by atoms with E-state index in [9.17, 15) is 14.7 Å². The zero-order chi connectivity index (χ0) is 17.0. The summed E-state index contributed by atoms with van der Waals surface area (Å²) in [4.78, 5) is 25.4. The number of rotatable bonds is 4. The number of carbonyl (C=O) groups is 2. The molecule has 2 aromatic rings. The van der Waals surface area contributed by atoms with Crippen LogP contribution in [0.25, 0.3) is 0 Å². The van der Waals surface area contributed by atoms with E-state index in [1.165, 1.54) is 11.0 Å². The van der Waals surface area contributed by atoms with Gasteiger partial charge in [-0.25, -0.2) is 0 Å². The second kappa shape index (κ2) is 7.28. The van der Waals surface area contributed by atoms with Crippen molar-refractivity contribution in [3.8, 4) is 5.75 Å². The van der Waals surface area contributed by atoms with Crippen LogP contribution in [-0.2, 0) is 6.54 Å². The van der Waals surface area contributed by atoms with Crippen LogP contribution < -0.4 is 5.32 Å². The molecule has 2 aromatic carbocycles. The van der Waals surface area contributed by atoms with Crippen molar-refractivity contribution in [2.45, 2.75) is 6.54 Å². The molecule has 0 spiro atoms. The number of nitrogens with one attached hydrogen (secondary N) is 1. The quantitative estimate of drug-likeness (QED) is 0.861. The molecule has 0 aromatic heterocycles. The van der Waals surface area contributed by atoms with Crippen LogP contribution in [0.5, 0.6) is 5.75 Å². The molecule has 0 saturated carbocycles. The molecular weight excluding hydrogens is 360 g/mol. The Kier molecular flexibility index (Phi) is 5.39. The summed E-state index contributed by atoms with van der Waals surface area (Å²) in [5.41, 5.74) is 1.66. The van der Waals surface area contributed by atoms with Crippen LogP contribution in [0, 0.1) is 0 Å². The fourth-order valence-electron chi connectivity index (χ4n) is 1.99. The molecule has 0 unspecified atom stereocenters. The molecule has 0 fully saturated rings. The molecule has 2 rings (SSSR count). The van der Waals surface area contributed by atoms with Gasteiger partial charge in [0.1, 0.15) is 5.75 Å². The zero-order valence-corrected chi connectivity index (χ0v) is 14.4. The highest BCUT2D eigenvalue weighted by molar-refractivity contribution is 9.10. The SMILES string of the molecule is CN(C)C(=O)c1ccc(CNC(=O)c2cc(Br)ccc2O)cc1. The minimum Gasteiger partial charge on any atom is -0.507 e. The molecule has 0 bridgehead atoms. The van der Waals surface area contributed by atoms with E-state index in [-0.39, 0.29) is 23.1 Å². The van der Waals surface area contributed by atoms with Gasteiger partial charge in [-0.15, -0.1) is 0 Å². The molecule has 6 heteroatoms. The summed E-state index contributed by atoms with van der Waals surface area (Å²) < 4.78 is 0.715. The van der Waals surface area contributed by atoms with Crippen LogP contribution in [0.3, 0.4) is 0 Å². The third-order valence-electron chi connectivity index (χ3n) is 3.26. The summed E-state index contributed by atoms with van der Waals surface area (Å²) in [6.45, 7) is 0.307. The number of phenolic OH excluding ortho intramolecular Hbond substituents is 1. The Labute approximate surface area is 143 Å². The summed E-state index contributed by atoms with van der Waals surface area (Å²) in [6.07, 6.45) is 0. The molecule has 5 nitrogen and oxygen atoms in total. The van der Waals surface area contributed by atoms with Crippen LogP contribution in [0.4, 0.5) is 0 Å². The van der Waals surface area contributed by atoms with Crippen molar-refractivity contribution in [3.63, 3.8) is 0 Å². The van der Waals surface area contributed by atoms with E-state index in [0.717, 1.165) is 5.56 Å². The molecule has 0 heterocycles. The van der Waals surface area contributed by atoms with Crippen LogP contribution in [0.1, 0.15) is 26.3 Å². The van der Waals surface area contributed by atoms with Gasteiger partial charge < -0.3 is 15.3 Å². The van der Waals surface area contributed by atoms with Gasteiger partial charge >= 0.3 is 0 Å². The second-order valence-electron chi connectivity index (χ2n) is 5.24. The summed E-state index contributed by atoms with van der Waals surface area (Å²) in [6, 6.07) is 11.7. The molecule has 120 valence electrons. The monoisotopic (exact) mass is 376 g/mol. The molecule has 2 amide bonds. The van der Waals surface area contributed by atoms with Crippen LogP contribution in [-0.4, -0.2) is 35.9 Å². The highest BCUT2D eigenvalue weighted by Gasteiger charge is 2.12. The van der Waals surface area contributed by atoms with Crippen LogP contribution in [0.2, 0.25) is 0 Å². The molecule has 0 aliphatic carbocycles. The fourth-order valence-corrected chi connectivity index (χ4v) is 2.35. The average Bonchev–Trinajstić information content (AvgIpc) is 2.54.